The summed E-state index contributed by atoms with van der Waals surface area (Å²) in [7, 11) is 1.71. The maximum atomic E-state index is 5.69. The van der Waals surface area contributed by atoms with Gasteiger partial charge in [0.25, 0.3) is 0 Å². The van der Waals surface area contributed by atoms with Gasteiger partial charge in [0.1, 0.15) is 17.3 Å². The Bertz CT molecular complexity index is 560. The van der Waals surface area contributed by atoms with Gasteiger partial charge in [-0.05, 0) is 38.9 Å². The van der Waals surface area contributed by atoms with Gasteiger partial charge in [0.2, 0.25) is 0 Å². The van der Waals surface area contributed by atoms with Crippen molar-refractivity contribution in [2.24, 2.45) is 0 Å². The van der Waals surface area contributed by atoms with E-state index in [-0.39, 0.29) is 6.04 Å². The van der Waals surface area contributed by atoms with E-state index in [2.05, 4.69) is 24.4 Å². The number of methoxy groups -OCH3 is 1. The minimum atomic E-state index is 0.101. The molecule has 0 fully saturated rings. The van der Waals surface area contributed by atoms with Crippen LogP contribution in [0.3, 0.4) is 0 Å². The highest BCUT2D eigenvalue weighted by molar-refractivity contribution is 5.42. The molecule has 0 aliphatic heterocycles. The number of furan rings is 1. The monoisotopic (exact) mass is 273 g/mol. The largest absolute Gasteiger partial charge is 0.496 e. The Balaban J connectivity index is 2.44. The van der Waals surface area contributed by atoms with Crippen molar-refractivity contribution >= 4 is 0 Å². The summed E-state index contributed by atoms with van der Waals surface area (Å²) in [4.78, 5) is 0. The van der Waals surface area contributed by atoms with Crippen LogP contribution in [0.2, 0.25) is 0 Å². The SMILES string of the molecule is CCCNC(c1ccccc1OC)c1cc(C)oc1C. The molecule has 2 aromatic rings. The van der Waals surface area contributed by atoms with Crippen LogP contribution in [0.1, 0.15) is 42.0 Å². The first kappa shape index (κ1) is 14.7. The third-order valence-electron chi connectivity index (χ3n) is 3.44. The van der Waals surface area contributed by atoms with Gasteiger partial charge in [-0.15, -0.1) is 0 Å². The van der Waals surface area contributed by atoms with Crippen molar-refractivity contribution in [3.05, 3.63) is 53.0 Å². The van der Waals surface area contributed by atoms with Gasteiger partial charge in [-0.2, -0.15) is 0 Å². The first-order valence-electron chi connectivity index (χ1n) is 7.10. The van der Waals surface area contributed by atoms with Crippen LogP contribution in [0.15, 0.2) is 34.7 Å². The van der Waals surface area contributed by atoms with Crippen molar-refractivity contribution in [2.45, 2.75) is 33.2 Å². The molecular formula is C17H23NO2. The van der Waals surface area contributed by atoms with E-state index in [9.17, 15) is 0 Å². The first-order valence-corrected chi connectivity index (χ1v) is 7.10. The molecule has 0 spiro atoms. The van der Waals surface area contributed by atoms with E-state index in [4.69, 9.17) is 9.15 Å². The Kier molecular flexibility index (Phi) is 4.85. The Morgan fingerprint density at radius 2 is 1.95 bits per heavy atom. The summed E-state index contributed by atoms with van der Waals surface area (Å²) >= 11 is 0. The van der Waals surface area contributed by atoms with Crippen molar-refractivity contribution < 1.29 is 9.15 Å². The zero-order valence-electron chi connectivity index (χ0n) is 12.7. The zero-order valence-corrected chi connectivity index (χ0v) is 12.7. The average Bonchev–Trinajstić information content (AvgIpc) is 2.79. The van der Waals surface area contributed by atoms with E-state index in [1.54, 1.807) is 7.11 Å². The van der Waals surface area contributed by atoms with Crippen LogP contribution in [0.4, 0.5) is 0 Å². The number of rotatable bonds is 6. The summed E-state index contributed by atoms with van der Waals surface area (Å²) in [6.45, 7) is 7.11. The minimum Gasteiger partial charge on any atom is -0.496 e. The fourth-order valence-electron chi connectivity index (χ4n) is 2.52. The second-order valence-corrected chi connectivity index (χ2v) is 5.00. The Hall–Kier alpha value is -1.74. The van der Waals surface area contributed by atoms with E-state index in [0.29, 0.717) is 0 Å². The van der Waals surface area contributed by atoms with Crippen LogP contribution in [0, 0.1) is 13.8 Å². The topological polar surface area (TPSA) is 34.4 Å². The summed E-state index contributed by atoms with van der Waals surface area (Å²) in [6.07, 6.45) is 1.08. The molecule has 0 saturated heterocycles. The molecule has 2 rings (SSSR count). The smallest absolute Gasteiger partial charge is 0.123 e. The average molecular weight is 273 g/mol. The Labute approximate surface area is 121 Å². The van der Waals surface area contributed by atoms with Gasteiger partial charge in [0.15, 0.2) is 0 Å². The highest BCUT2D eigenvalue weighted by Gasteiger charge is 2.21. The Morgan fingerprint density at radius 3 is 2.55 bits per heavy atom. The molecule has 0 radical (unpaired) electrons. The second kappa shape index (κ2) is 6.62. The van der Waals surface area contributed by atoms with Gasteiger partial charge >= 0.3 is 0 Å². The van der Waals surface area contributed by atoms with Crippen LogP contribution in [-0.2, 0) is 0 Å². The lowest BCUT2D eigenvalue weighted by atomic mass is 9.98. The molecule has 3 heteroatoms. The summed E-state index contributed by atoms with van der Waals surface area (Å²) < 4.78 is 11.2. The van der Waals surface area contributed by atoms with Crippen LogP contribution >= 0.6 is 0 Å². The molecule has 0 aliphatic carbocycles. The zero-order chi connectivity index (χ0) is 14.5. The molecule has 108 valence electrons. The molecule has 1 aromatic heterocycles. The second-order valence-electron chi connectivity index (χ2n) is 5.00. The number of ether oxygens (including phenoxy) is 1. The predicted molar refractivity (Wildman–Crippen MR) is 81.3 cm³/mol. The number of benzene rings is 1. The van der Waals surface area contributed by atoms with Gasteiger partial charge in [-0.25, -0.2) is 0 Å². The normalized spacial score (nSPS) is 12.4. The van der Waals surface area contributed by atoms with Crippen LogP contribution in [0.5, 0.6) is 5.75 Å². The third-order valence-corrected chi connectivity index (χ3v) is 3.44. The summed E-state index contributed by atoms with van der Waals surface area (Å²) in [5, 5.41) is 3.59. The standard InChI is InChI=1S/C17H23NO2/c1-5-10-18-17(15-11-12(2)20-13(15)3)14-8-6-7-9-16(14)19-4/h6-9,11,17-18H,5,10H2,1-4H3. The predicted octanol–water partition coefficient (Wildman–Crippen LogP) is 3.99. The lowest BCUT2D eigenvalue weighted by molar-refractivity contribution is 0.403. The maximum absolute atomic E-state index is 5.69. The third kappa shape index (κ3) is 3.05. The lowest BCUT2D eigenvalue weighted by Gasteiger charge is -2.21. The van der Waals surface area contributed by atoms with Gasteiger partial charge < -0.3 is 14.5 Å². The minimum absolute atomic E-state index is 0.101. The van der Waals surface area contributed by atoms with Crippen molar-refractivity contribution in [1.82, 2.24) is 5.32 Å². The van der Waals surface area contributed by atoms with Crippen LogP contribution in [0.25, 0.3) is 0 Å². The first-order chi connectivity index (χ1) is 9.67. The van der Waals surface area contributed by atoms with Gasteiger partial charge in [-0.1, -0.05) is 25.1 Å². The number of nitrogens with one attached hydrogen (secondary N) is 1. The molecule has 20 heavy (non-hydrogen) atoms. The highest BCUT2D eigenvalue weighted by Crippen LogP contribution is 2.32. The van der Waals surface area contributed by atoms with Crippen molar-refractivity contribution in [3.8, 4) is 5.75 Å². The molecule has 0 aliphatic rings. The Morgan fingerprint density at radius 1 is 1.20 bits per heavy atom. The van der Waals surface area contributed by atoms with E-state index >= 15 is 0 Å². The van der Waals surface area contributed by atoms with E-state index in [1.807, 2.05) is 32.0 Å². The van der Waals surface area contributed by atoms with Crippen LogP contribution in [-0.4, -0.2) is 13.7 Å². The molecule has 3 nitrogen and oxygen atoms in total. The highest BCUT2D eigenvalue weighted by atomic mass is 16.5. The molecular weight excluding hydrogens is 250 g/mol. The molecule has 0 amide bonds. The molecule has 1 unspecified atom stereocenters. The number of hydrogen-bond acceptors (Lipinski definition) is 3. The van der Waals surface area contributed by atoms with Crippen molar-refractivity contribution in [2.75, 3.05) is 13.7 Å². The molecule has 1 aromatic carbocycles. The molecule has 1 atom stereocenters. The molecule has 0 bridgehead atoms. The lowest BCUT2D eigenvalue weighted by Crippen LogP contribution is -2.23. The molecule has 1 N–H and O–H groups in total. The number of para-hydroxylation sites is 1. The van der Waals surface area contributed by atoms with Gasteiger partial charge in [-0.3, -0.25) is 0 Å². The fraction of sp³-hybridized carbons (Fsp3) is 0.412. The van der Waals surface area contributed by atoms with Gasteiger partial charge in [0, 0.05) is 11.1 Å². The van der Waals surface area contributed by atoms with Crippen LogP contribution < -0.4 is 10.1 Å². The van der Waals surface area contributed by atoms with E-state index in [0.717, 1.165) is 35.8 Å². The maximum Gasteiger partial charge on any atom is 0.123 e. The van der Waals surface area contributed by atoms with Crippen molar-refractivity contribution in [3.63, 3.8) is 0 Å². The molecule has 1 heterocycles. The van der Waals surface area contributed by atoms with E-state index in [1.165, 1.54) is 5.56 Å². The number of aryl methyl sites for hydroxylation is 2. The number of hydrogen-bond donors (Lipinski definition) is 1. The van der Waals surface area contributed by atoms with E-state index < -0.39 is 0 Å². The summed E-state index contributed by atoms with van der Waals surface area (Å²) in [5.41, 5.74) is 2.33. The van der Waals surface area contributed by atoms with Crippen molar-refractivity contribution in [1.29, 1.82) is 0 Å². The molecule has 0 saturated carbocycles. The quantitative estimate of drug-likeness (QED) is 0.864. The van der Waals surface area contributed by atoms with Gasteiger partial charge in [0.05, 0.1) is 13.2 Å². The summed E-state index contributed by atoms with van der Waals surface area (Å²) in [6, 6.07) is 10.3. The fourth-order valence-corrected chi connectivity index (χ4v) is 2.52. The summed E-state index contributed by atoms with van der Waals surface area (Å²) in [5.74, 6) is 2.80.